The minimum Gasteiger partial charge on any atom is -0.337 e. The fraction of sp³-hybridized carbons (Fsp3) is 0.385. The molecule has 1 atom stereocenters. The van der Waals surface area contributed by atoms with Gasteiger partial charge in [-0.15, -0.1) is 0 Å². The highest BCUT2D eigenvalue weighted by molar-refractivity contribution is 5.95. The molecule has 1 saturated heterocycles. The van der Waals surface area contributed by atoms with Crippen LogP contribution in [0.15, 0.2) is 24.3 Å². The van der Waals surface area contributed by atoms with E-state index in [1.165, 1.54) is 6.92 Å². The van der Waals surface area contributed by atoms with Crippen LogP contribution in [0.25, 0.3) is 0 Å². The molecule has 0 aromatic heterocycles. The number of hydrogen-bond acceptors (Lipinski definition) is 3. The first-order valence-corrected chi connectivity index (χ1v) is 5.99. The van der Waals surface area contributed by atoms with E-state index in [-0.39, 0.29) is 17.9 Å². The van der Waals surface area contributed by atoms with Crippen LogP contribution < -0.4 is 11.1 Å². The van der Waals surface area contributed by atoms with Crippen molar-refractivity contribution in [1.29, 1.82) is 0 Å². The quantitative estimate of drug-likeness (QED) is 0.812. The third-order valence-electron chi connectivity index (χ3n) is 2.96. The molecule has 0 bridgehead atoms. The van der Waals surface area contributed by atoms with Gasteiger partial charge in [-0.2, -0.15) is 0 Å². The Bertz CT molecular complexity index is 456. The summed E-state index contributed by atoms with van der Waals surface area (Å²) in [5, 5.41) is 2.66. The van der Waals surface area contributed by atoms with E-state index >= 15 is 0 Å². The Hall–Kier alpha value is -1.88. The molecular formula is C13H17N3O2. The normalized spacial score (nSPS) is 18.8. The fourth-order valence-corrected chi connectivity index (χ4v) is 2.05. The first-order chi connectivity index (χ1) is 8.56. The lowest BCUT2D eigenvalue weighted by Gasteiger charge is -2.15. The summed E-state index contributed by atoms with van der Waals surface area (Å²) in [6, 6.07) is 6.98. The number of nitrogens with zero attached hydrogens (tertiary/aromatic N) is 1. The Morgan fingerprint density at radius 2 is 2.00 bits per heavy atom. The van der Waals surface area contributed by atoms with Gasteiger partial charge in [-0.25, -0.2) is 0 Å². The second-order valence-electron chi connectivity index (χ2n) is 4.56. The third kappa shape index (κ3) is 2.87. The second kappa shape index (κ2) is 5.18. The summed E-state index contributed by atoms with van der Waals surface area (Å²) >= 11 is 0. The van der Waals surface area contributed by atoms with Crippen LogP contribution in [0.3, 0.4) is 0 Å². The predicted octanol–water partition coefficient (Wildman–Crippen LogP) is 0.818. The number of carbonyl (C=O) groups is 2. The topological polar surface area (TPSA) is 75.4 Å². The SMILES string of the molecule is CC(=O)Nc1ccc(C(=O)N2CC[C@@H](N)C2)cc1. The molecule has 1 fully saturated rings. The molecule has 5 nitrogen and oxygen atoms in total. The lowest BCUT2D eigenvalue weighted by molar-refractivity contribution is -0.114. The minimum absolute atomic E-state index is 0.00248. The van der Waals surface area contributed by atoms with Gasteiger partial charge in [-0.3, -0.25) is 9.59 Å². The van der Waals surface area contributed by atoms with Crippen molar-refractivity contribution in [3.8, 4) is 0 Å². The molecule has 2 amide bonds. The van der Waals surface area contributed by atoms with Gasteiger partial charge >= 0.3 is 0 Å². The van der Waals surface area contributed by atoms with Crippen LogP contribution in [0.1, 0.15) is 23.7 Å². The van der Waals surface area contributed by atoms with Gasteiger partial charge in [0.25, 0.3) is 5.91 Å². The molecule has 3 N–H and O–H groups in total. The van der Waals surface area contributed by atoms with Crippen LogP contribution >= 0.6 is 0 Å². The molecule has 96 valence electrons. The van der Waals surface area contributed by atoms with Crippen molar-refractivity contribution in [1.82, 2.24) is 4.90 Å². The van der Waals surface area contributed by atoms with E-state index in [9.17, 15) is 9.59 Å². The zero-order valence-corrected chi connectivity index (χ0v) is 10.3. The van der Waals surface area contributed by atoms with Gasteiger partial charge in [0.1, 0.15) is 0 Å². The molecule has 1 aliphatic rings. The van der Waals surface area contributed by atoms with Gasteiger partial charge in [-0.1, -0.05) is 0 Å². The molecular weight excluding hydrogens is 230 g/mol. The summed E-state index contributed by atoms with van der Waals surface area (Å²) in [6.07, 6.45) is 0.857. The molecule has 0 radical (unpaired) electrons. The summed E-state index contributed by atoms with van der Waals surface area (Å²) in [5.74, 6) is -0.128. The van der Waals surface area contributed by atoms with Gasteiger partial charge in [-0.05, 0) is 30.7 Å². The lowest BCUT2D eigenvalue weighted by Crippen LogP contribution is -2.31. The number of rotatable bonds is 2. The molecule has 1 aromatic rings. The molecule has 18 heavy (non-hydrogen) atoms. The molecule has 0 unspecified atom stereocenters. The molecule has 0 spiro atoms. The van der Waals surface area contributed by atoms with Crippen LogP contribution in [0.2, 0.25) is 0 Å². The lowest BCUT2D eigenvalue weighted by atomic mass is 10.2. The number of anilines is 1. The number of nitrogens with two attached hydrogens (primary N) is 1. The van der Waals surface area contributed by atoms with Gasteiger partial charge in [0, 0.05) is 37.3 Å². The monoisotopic (exact) mass is 247 g/mol. The highest BCUT2D eigenvalue weighted by atomic mass is 16.2. The summed E-state index contributed by atoms with van der Waals surface area (Å²) in [4.78, 5) is 24.7. The standard InChI is InChI=1S/C13H17N3O2/c1-9(17)15-12-4-2-10(3-5-12)13(18)16-7-6-11(14)8-16/h2-5,11H,6-8,14H2,1H3,(H,15,17)/t11-/m1/s1. The highest BCUT2D eigenvalue weighted by Gasteiger charge is 2.24. The Morgan fingerprint density at radius 3 is 2.50 bits per heavy atom. The number of likely N-dealkylation sites (tertiary alicyclic amines) is 1. The van der Waals surface area contributed by atoms with Gasteiger partial charge in [0.05, 0.1) is 0 Å². The Kier molecular flexibility index (Phi) is 3.62. The van der Waals surface area contributed by atoms with Crippen LogP contribution in [-0.4, -0.2) is 35.8 Å². The first-order valence-electron chi connectivity index (χ1n) is 5.99. The number of carbonyl (C=O) groups excluding carboxylic acids is 2. The number of benzene rings is 1. The largest absolute Gasteiger partial charge is 0.337 e. The van der Waals surface area contributed by atoms with Crippen molar-refractivity contribution in [3.63, 3.8) is 0 Å². The molecule has 1 aliphatic heterocycles. The Morgan fingerprint density at radius 1 is 1.33 bits per heavy atom. The van der Waals surface area contributed by atoms with Crippen molar-refractivity contribution in [3.05, 3.63) is 29.8 Å². The van der Waals surface area contributed by atoms with E-state index in [2.05, 4.69) is 5.32 Å². The van der Waals surface area contributed by atoms with Crippen molar-refractivity contribution < 1.29 is 9.59 Å². The molecule has 1 heterocycles. The van der Waals surface area contributed by atoms with E-state index in [1.807, 2.05) is 0 Å². The molecule has 5 heteroatoms. The van der Waals surface area contributed by atoms with E-state index in [1.54, 1.807) is 29.2 Å². The zero-order chi connectivity index (χ0) is 13.1. The van der Waals surface area contributed by atoms with Gasteiger partial charge < -0.3 is 16.0 Å². The van der Waals surface area contributed by atoms with Gasteiger partial charge in [0.2, 0.25) is 5.91 Å². The van der Waals surface area contributed by atoms with Crippen molar-refractivity contribution in [2.45, 2.75) is 19.4 Å². The van der Waals surface area contributed by atoms with Gasteiger partial charge in [0.15, 0.2) is 0 Å². The summed E-state index contributed by atoms with van der Waals surface area (Å²) in [6.45, 7) is 2.78. The van der Waals surface area contributed by atoms with E-state index < -0.39 is 0 Å². The second-order valence-corrected chi connectivity index (χ2v) is 4.56. The highest BCUT2D eigenvalue weighted by Crippen LogP contribution is 2.15. The maximum atomic E-state index is 12.1. The van der Waals surface area contributed by atoms with E-state index in [4.69, 9.17) is 5.73 Å². The maximum Gasteiger partial charge on any atom is 0.253 e. The van der Waals surface area contributed by atoms with Crippen LogP contribution in [-0.2, 0) is 4.79 Å². The molecule has 0 aliphatic carbocycles. The molecule has 1 aromatic carbocycles. The average Bonchev–Trinajstić information content (AvgIpc) is 2.75. The van der Waals surface area contributed by atoms with Crippen molar-refractivity contribution >= 4 is 17.5 Å². The molecule has 2 rings (SSSR count). The zero-order valence-electron chi connectivity index (χ0n) is 10.3. The number of nitrogens with one attached hydrogen (secondary N) is 1. The number of amides is 2. The van der Waals surface area contributed by atoms with Crippen molar-refractivity contribution in [2.24, 2.45) is 5.73 Å². The summed E-state index contributed by atoms with van der Waals surface area (Å²) in [5.41, 5.74) is 7.09. The predicted molar refractivity (Wildman–Crippen MR) is 69.2 cm³/mol. The Labute approximate surface area is 106 Å². The van der Waals surface area contributed by atoms with E-state index in [0.717, 1.165) is 6.42 Å². The fourth-order valence-electron chi connectivity index (χ4n) is 2.05. The summed E-state index contributed by atoms with van der Waals surface area (Å²) < 4.78 is 0. The van der Waals surface area contributed by atoms with Crippen LogP contribution in [0.5, 0.6) is 0 Å². The summed E-state index contributed by atoms with van der Waals surface area (Å²) in [7, 11) is 0. The minimum atomic E-state index is -0.125. The smallest absolute Gasteiger partial charge is 0.253 e. The van der Waals surface area contributed by atoms with E-state index in [0.29, 0.717) is 24.3 Å². The Balaban J connectivity index is 2.05. The molecule has 0 saturated carbocycles. The maximum absolute atomic E-state index is 12.1. The first kappa shape index (κ1) is 12.6. The number of hydrogen-bond donors (Lipinski definition) is 2. The third-order valence-corrected chi connectivity index (χ3v) is 2.96. The van der Waals surface area contributed by atoms with Crippen LogP contribution in [0, 0.1) is 0 Å². The van der Waals surface area contributed by atoms with Crippen LogP contribution in [0.4, 0.5) is 5.69 Å². The average molecular weight is 247 g/mol. The van der Waals surface area contributed by atoms with Crippen molar-refractivity contribution in [2.75, 3.05) is 18.4 Å².